The zero-order chi connectivity index (χ0) is 21.1. The Balaban J connectivity index is 1.44. The normalized spacial score (nSPS) is 37.8. The molecular formula is C21H27ClN2O5S. The fourth-order valence-electron chi connectivity index (χ4n) is 5.19. The van der Waals surface area contributed by atoms with Gasteiger partial charge in [-0.25, -0.2) is 13.3 Å². The predicted octanol–water partition coefficient (Wildman–Crippen LogP) is 2.30. The Bertz CT molecular complexity index is 992. The van der Waals surface area contributed by atoms with E-state index in [4.69, 9.17) is 21.1 Å². The number of carbonyl (C=O) groups excluding carboxylic acids is 1. The van der Waals surface area contributed by atoms with Crippen LogP contribution in [0.1, 0.15) is 32.6 Å². The van der Waals surface area contributed by atoms with Crippen LogP contribution in [0.3, 0.4) is 0 Å². The van der Waals surface area contributed by atoms with E-state index in [9.17, 15) is 14.1 Å². The van der Waals surface area contributed by atoms with Gasteiger partial charge in [0.2, 0.25) is 0 Å². The van der Waals surface area contributed by atoms with Crippen molar-refractivity contribution >= 4 is 32.3 Å². The molecule has 7 nitrogen and oxygen atoms in total. The molecule has 3 aliphatic heterocycles. The number of carbonyl (C=O) groups is 1. The van der Waals surface area contributed by atoms with Gasteiger partial charge < -0.3 is 19.5 Å². The summed E-state index contributed by atoms with van der Waals surface area (Å²) < 4.78 is 28.0. The van der Waals surface area contributed by atoms with Crippen LogP contribution in [0.2, 0.25) is 5.02 Å². The maximum absolute atomic E-state index is 14.3. The lowest BCUT2D eigenvalue weighted by atomic mass is 9.98. The minimum absolute atomic E-state index is 0.259. The molecule has 2 saturated heterocycles. The Kier molecular flexibility index (Phi) is 4.87. The number of rotatable bonds is 4. The molecule has 164 valence electrons. The number of fused-ring (bicyclic) bond motifs is 3. The molecule has 4 atom stereocenters. The number of ether oxygens (including phenoxy) is 2. The van der Waals surface area contributed by atoms with Gasteiger partial charge in [0.25, 0.3) is 0 Å². The monoisotopic (exact) mass is 454 g/mol. The van der Waals surface area contributed by atoms with Crippen molar-refractivity contribution in [2.75, 3.05) is 32.8 Å². The summed E-state index contributed by atoms with van der Waals surface area (Å²) in [7, 11) is -2.65. The summed E-state index contributed by atoms with van der Waals surface area (Å²) in [4.78, 5) is 16.0. The van der Waals surface area contributed by atoms with Crippen LogP contribution >= 0.6 is 11.6 Å². The minimum Gasteiger partial charge on any atom is -0.435 e. The fourth-order valence-corrected chi connectivity index (χ4v) is 8.64. The highest BCUT2D eigenvalue weighted by Gasteiger charge is 2.71. The third-order valence-electron chi connectivity index (χ3n) is 6.76. The Labute approximate surface area is 182 Å². The average molecular weight is 455 g/mol. The lowest BCUT2D eigenvalue weighted by Crippen LogP contribution is -2.53. The number of hydrogen-bond donors (Lipinski definition) is 1. The molecule has 0 bridgehead atoms. The van der Waals surface area contributed by atoms with Crippen molar-refractivity contribution in [3.63, 3.8) is 0 Å². The highest BCUT2D eigenvalue weighted by molar-refractivity contribution is 8.01. The number of aliphatic hydroxyl groups is 1. The molecule has 0 spiro atoms. The van der Waals surface area contributed by atoms with Gasteiger partial charge in [-0.05, 0) is 37.1 Å². The van der Waals surface area contributed by atoms with Gasteiger partial charge in [-0.3, -0.25) is 0 Å². The highest BCUT2D eigenvalue weighted by atomic mass is 35.5. The molecule has 3 heterocycles. The first-order valence-corrected chi connectivity index (χ1v) is 12.4. The van der Waals surface area contributed by atoms with Crippen LogP contribution in [0.25, 0.3) is 0 Å². The van der Waals surface area contributed by atoms with Gasteiger partial charge in [0.1, 0.15) is 0 Å². The Morgan fingerprint density at radius 3 is 2.87 bits per heavy atom. The third-order valence-corrected chi connectivity index (χ3v) is 10.2. The van der Waals surface area contributed by atoms with Gasteiger partial charge in [0.15, 0.2) is 5.60 Å². The molecule has 3 fully saturated rings. The SMILES string of the molecule is CCCC1(O)CCN(C(=O)OC23CC2=S(=O)(c2ccc(Cl)cc2)N2CCOC[C@@H]23)C1. The van der Waals surface area contributed by atoms with Crippen LogP contribution in [0.4, 0.5) is 4.79 Å². The van der Waals surface area contributed by atoms with Crippen molar-refractivity contribution in [2.24, 2.45) is 0 Å². The number of benzene rings is 1. The smallest absolute Gasteiger partial charge is 0.410 e. The largest absolute Gasteiger partial charge is 0.435 e. The molecule has 0 radical (unpaired) electrons. The van der Waals surface area contributed by atoms with E-state index in [-0.39, 0.29) is 12.6 Å². The summed E-state index contributed by atoms with van der Waals surface area (Å²) >= 11 is 6.03. The molecule has 1 aromatic carbocycles. The van der Waals surface area contributed by atoms with Gasteiger partial charge in [0.05, 0.1) is 46.0 Å². The fraction of sp³-hybridized carbons (Fsp3) is 0.619. The summed E-state index contributed by atoms with van der Waals surface area (Å²) in [6.45, 7) is 4.16. The second-order valence-corrected chi connectivity index (χ2v) is 11.6. The van der Waals surface area contributed by atoms with Crippen LogP contribution in [0.15, 0.2) is 29.2 Å². The van der Waals surface area contributed by atoms with Gasteiger partial charge in [-0.2, -0.15) is 0 Å². The number of likely N-dealkylation sites (tertiary alicyclic amines) is 1. The maximum Gasteiger partial charge on any atom is 0.410 e. The number of amides is 1. The molecule has 1 N–H and O–H groups in total. The Hall–Kier alpha value is -1.32. The van der Waals surface area contributed by atoms with E-state index in [1.165, 1.54) is 0 Å². The number of β-amino-alcohol motifs (C(OH)–C–C–N with tert-alkyl or cyclic N) is 1. The summed E-state index contributed by atoms with van der Waals surface area (Å²) in [6, 6.07) is 6.82. The molecule has 1 aliphatic carbocycles. The molecule has 30 heavy (non-hydrogen) atoms. The van der Waals surface area contributed by atoms with Gasteiger partial charge >= 0.3 is 6.09 Å². The molecule has 5 rings (SSSR count). The van der Waals surface area contributed by atoms with Gasteiger partial charge in [-0.15, -0.1) is 0 Å². The first kappa shape index (κ1) is 20.6. The molecule has 0 aromatic heterocycles. The molecule has 3 unspecified atom stereocenters. The van der Waals surface area contributed by atoms with Crippen LogP contribution in [-0.4, -0.2) is 79.6 Å². The van der Waals surface area contributed by atoms with Crippen molar-refractivity contribution in [3.05, 3.63) is 29.3 Å². The first-order chi connectivity index (χ1) is 14.3. The van der Waals surface area contributed by atoms with E-state index < -0.39 is 27.0 Å². The van der Waals surface area contributed by atoms with Crippen molar-refractivity contribution in [3.8, 4) is 0 Å². The Morgan fingerprint density at radius 1 is 1.37 bits per heavy atom. The summed E-state index contributed by atoms with van der Waals surface area (Å²) in [5.41, 5.74) is -1.71. The summed E-state index contributed by atoms with van der Waals surface area (Å²) in [5.74, 6) is 0. The first-order valence-electron chi connectivity index (χ1n) is 10.5. The number of hydrogen-bond acceptors (Lipinski definition) is 5. The van der Waals surface area contributed by atoms with Gasteiger partial charge in [-0.1, -0.05) is 24.9 Å². The highest BCUT2D eigenvalue weighted by Crippen LogP contribution is 2.53. The quantitative estimate of drug-likeness (QED) is 0.706. The van der Waals surface area contributed by atoms with E-state index in [2.05, 4.69) is 0 Å². The third kappa shape index (κ3) is 2.99. The lowest BCUT2D eigenvalue weighted by molar-refractivity contribution is -0.0354. The zero-order valence-corrected chi connectivity index (χ0v) is 18.6. The number of halogens is 1. The van der Waals surface area contributed by atoms with E-state index >= 15 is 0 Å². The topological polar surface area (TPSA) is 79.3 Å². The molecular weight excluding hydrogens is 428 g/mol. The van der Waals surface area contributed by atoms with E-state index in [0.717, 1.165) is 11.3 Å². The van der Waals surface area contributed by atoms with Crippen molar-refractivity contribution < 1.29 is 23.6 Å². The second-order valence-electron chi connectivity index (χ2n) is 8.71. The predicted molar refractivity (Wildman–Crippen MR) is 114 cm³/mol. The number of nitrogens with zero attached hydrogens (tertiary/aromatic N) is 2. The number of morpholine rings is 1. The van der Waals surface area contributed by atoms with Crippen molar-refractivity contribution in [1.29, 1.82) is 0 Å². The summed E-state index contributed by atoms with van der Waals surface area (Å²) in [5, 5.41) is 11.2. The molecule has 4 aliphatic rings. The second kappa shape index (κ2) is 7.10. The van der Waals surface area contributed by atoms with Crippen LogP contribution in [-0.2, 0) is 19.2 Å². The van der Waals surface area contributed by atoms with E-state index in [1.807, 2.05) is 11.2 Å². The molecule has 1 saturated carbocycles. The van der Waals surface area contributed by atoms with E-state index in [1.54, 1.807) is 29.2 Å². The van der Waals surface area contributed by atoms with Crippen molar-refractivity contribution in [1.82, 2.24) is 9.21 Å². The van der Waals surface area contributed by atoms with Crippen LogP contribution < -0.4 is 0 Å². The van der Waals surface area contributed by atoms with Crippen molar-refractivity contribution in [2.45, 2.75) is 54.7 Å². The standard InChI is InChI=1S/C21H27ClN2O5S/c1-2-7-20(26)8-9-23(14-20)19(25)29-21-12-18(21)30(27,16-5-3-15(22)4-6-16)24-10-11-28-13-17(21)24/h3-6,17,26H,2,7-14H2,1H3/t17-,20?,21?,30?/m1/s1. The Morgan fingerprint density at radius 2 is 2.13 bits per heavy atom. The molecule has 1 amide bonds. The maximum atomic E-state index is 14.3. The molecule has 9 heteroatoms. The lowest BCUT2D eigenvalue weighted by Gasteiger charge is -2.37. The minimum atomic E-state index is -2.65. The summed E-state index contributed by atoms with van der Waals surface area (Å²) in [6.07, 6.45) is 2.12. The zero-order valence-electron chi connectivity index (χ0n) is 17.0. The van der Waals surface area contributed by atoms with Gasteiger partial charge in [0, 0.05) is 29.4 Å². The van der Waals surface area contributed by atoms with Crippen LogP contribution in [0.5, 0.6) is 0 Å². The van der Waals surface area contributed by atoms with Crippen LogP contribution in [0, 0.1) is 0 Å². The average Bonchev–Trinajstić information content (AvgIpc) is 3.27. The molecule has 1 aromatic rings. The van der Waals surface area contributed by atoms with E-state index in [0.29, 0.717) is 55.5 Å².